The monoisotopic (exact) mass is 368 g/mol. The summed E-state index contributed by atoms with van der Waals surface area (Å²) in [5.74, 6) is 0.949. The maximum Gasteiger partial charge on any atom is 0.241 e. The third kappa shape index (κ3) is 4.65. The summed E-state index contributed by atoms with van der Waals surface area (Å²) in [6.07, 6.45) is 0.668. The number of fused-ring (bicyclic) bond motifs is 1. The Morgan fingerprint density at radius 2 is 1.92 bits per heavy atom. The number of carbonyl (C=O) groups excluding carboxylic acids is 1. The molecule has 0 aliphatic carbocycles. The van der Waals surface area contributed by atoms with E-state index in [4.69, 9.17) is 5.73 Å². The molecule has 4 N–H and O–H groups in total. The molecule has 3 rings (SSSR count). The normalized spacial score (nSPS) is 12.5. The maximum atomic E-state index is 12.3. The van der Waals surface area contributed by atoms with Crippen LogP contribution in [-0.4, -0.2) is 21.9 Å². The summed E-state index contributed by atoms with van der Waals surface area (Å²) in [5.41, 5.74) is 9.82. The molecule has 0 aliphatic rings. The first-order valence-corrected chi connectivity index (χ1v) is 9.73. The fraction of sp³-hybridized carbons (Fsp3) is 0.300. The van der Waals surface area contributed by atoms with Gasteiger partial charge in [-0.1, -0.05) is 55.9 Å². The molecule has 26 heavy (non-hydrogen) atoms. The third-order valence-corrected chi connectivity index (χ3v) is 4.99. The molecule has 0 saturated carbocycles. The van der Waals surface area contributed by atoms with Crippen LogP contribution in [-0.2, 0) is 10.5 Å². The Labute approximate surface area is 157 Å². The van der Waals surface area contributed by atoms with Crippen molar-refractivity contribution >= 4 is 34.4 Å². The summed E-state index contributed by atoms with van der Waals surface area (Å²) >= 11 is 1.61. The topological polar surface area (TPSA) is 83.8 Å². The van der Waals surface area contributed by atoms with Crippen molar-refractivity contribution < 1.29 is 4.79 Å². The van der Waals surface area contributed by atoms with Crippen molar-refractivity contribution in [3.63, 3.8) is 0 Å². The number of aromatic amines is 1. The average Bonchev–Trinajstić information content (AvgIpc) is 3.03. The predicted octanol–water partition coefficient (Wildman–Crippen LogP) is 4.17. The second-order valence-corrected chi connectivity index (χ2v) is 7.69. The van der Waals surface area contributed by atoms with Gasteiger partial charge in [0.1, 0.15) is 0 Å². The lowest BCUT2D eigenvalue weighted by atomic mass is 10.0. The van der Waals surface area contributed by atoms with Gasteiger partial charge in [0.2, 0.25) is 5.91 Å². The molecule has 0 bridgehead atoms. The highest BCUT2D eigenvalue weighted by molar-refractivity contribution is 7.98. The van der Waals surface area contributed by atoms with Gasteiger partial charge in [-0.05, 0) is 36.1 Å². The fourth-order valence-electron chi connectivity index (χ4n) is 2.75. The largest absolute Gasteiger partial charge is 0.333 e. The Balaban J connectivity index is 1.67. The highest BCUT2D eigenvalue weighted by Gasteiger charge is 2.16. The second-order valence-electron chi connectivity index (χ2n) is 6.73. The van der Waals surface area contributed by atoms with Crippen LogP contribution in [0.2, 0.25) is 0 Å². The van der Waals surface area contributed by atoms with E-state index in [1.165, 1.54) is 0 Å². The van der Waals surface area contributed by atoms with Gasteiger partial charge in [0.25, 0.3) is 0 Å². The molecule has 0 fully saturated rings. The molecule has 6 heteroatoms. The molecule has 1 amide bonds. The van der Waals surface area contributed by atoms with Crippen LogP contribution >= 0.6 is 11.8 Å². The number of amides is 1. The summed E-state index contributed by atoms with van der Waals surface area (Å²) in [5, 5.41) is 3.84. The van der Waals surface area contributed by atoms with Crippen molar-refractivity contribution in [3.05, 3.63) is 54.1 Å². The smallest absolute Gasteiger partial charge is 0.241 e. The van der Waals surface area contributed by atoms with E-state index in [2.05, 4.69) is 29.1 Å². The Hall–Kier alpha value is -2.31. The molecule has 0 spiro atoms. The molecule has 1 heterocycles. The first-order chi connectivity index (χ1) is 12.5. The Morgan fingerprint density at radius 3 is 2.69 bits per heavy atom. The number of rotatable bonds is 7. The van der Waals surface area contributed by atoms with E-state index in [0.29, 0.717) is 18.1 Å². The molecule has 1 aromatic heterocycles. The van der Waals surface area contributed by atoms with Gasteiger partial charge in [0.05, 0.1) is 17.1 Å². The van der Waals surface area contributed by atoms with E-state index in [-0.39, 0.29) is 5.91 Å². The minimum absolute atomic E-state index is 0.139. The quantitative estimate of drug-likeness (QED) is 0.547. The van der Waals surface area contributed by atoms with Gasteiger partial charge in [0, 0.05) is 11.4 Å². The van der Waals surface area contributed by atoms with Gasteiger partial charge in [-0.3, -0.25) is 4.79 Å². The number of benzene rings is 2. The zero-order valence-electron chi connectivity index (χ0n) is 15.0. The van der Waals surface area contributed by atoms with E-state index < -0.39 is 6.04 Å². The van der Waals surface area contributed by atoms with Crippen molar-refractivity contribution in [2.45, 2.75) is 37.2 Å². The van der Waals surface area contributed by atoms with Crippen molar-refractivity contribution in [1.29, 1.82) is 0 Å². The summed E-state index contributed by atoms with van der Waals surface area (Å²) < 4.78 is 0. The highest BCUT2D eigenvalue weighted by atomic mass is 32.2. The summed E-state index contributed by atoms with van der Waals surface area (Å²) in [6, 6.07) is 15.3. The van der Waals surface area contributed by atoms with Gasteiger partial charge in [-0.25, -0.2) is 4.98 Å². The van der Waals surface area contributed by atoms with Gasteiger partial charge in [-0.15, -0.1) is 0 Å². The van der Waals surface area contributed by atoms with E-state index in [1.807, 2.05) is 48.5 Å². The van der Waals surface area contributed by atoms with E-state index in [0.717, 1.165) is 27.4 Å². The lowest BCUT2D eigenvalue weighted by Crippen LogP contribution is -2.36. The van der Waals surface area contributed by atoms with Gasteiger partial charge in [-0.2, -0.15) is 0 Å². The Morgan fingerprint density at radius 1 is 1.19 bits per heavy atom. The fourth-order valence-corrected chi connectivity index (χ4v) is 3.64. The number of nitrogens with zero attached hydrogens (tertiary/aromatic N) is 1. The molecule has 0 aliphatic heterocycles. The lowest BCUT2D eigenvalue weighted by Gasteiger charge is -2.16. The van der Waals surface area contributed by atoms with Crippen LogP contribution in [0.3, 0.4) is 0 Å². The number of H-pyrrole nitrogens is 1. The number of imidazole rings is 1. The van der Waals surface area contributed by atoms with Crippen molar-refractivity contribution in [2.75, 3.05) is 5.32 Å². The lowest BCUT2D eigenvalue weighted by molar-refractivity contribution is -0.117. The molecule has 136 valence electrons. The first kappa shape index (κ1) is 18.5. The molecule has 0 saturated heterocycles. The van der Waals surface area contributed by atoms with Crippen LogP contribution in [0.25, 0.3) is 11.0 Å². The average molecular weight is 369 g/mol. The number of aromatic nitrogens is 2. The minimum atomic E-state index is -0.494. The molecular formula is C20H24N4OS. The molecule has 1 atom stereocenters. The van der Waals surface area contributed by atoms with Crippen molar-refractivity contribution in [1.82, 2.24) is 9.97 Å². The zero-order chi connectivity index (χ0) is 18.5. The molecule has 0 unspecified atom stereocenters. The van der Waals surface area contributed by atoms with Crippen LogP contribution in [0, 0.1) is 5.92 Å². The number of nitrogens with two attached hydrogens (primary N) is 1. The number of thioether (sulfide) groups is 1. The van der Waals surface area contributed by atoms with Crippen LogP contribution in [0.1, 0.15) is 25.8 Å². The van der Waals surface area contributed by atoms with Gasteiger partial charge < -0.3 is 16.0 Å². The van der Waals surface area contributed by atoms with Crippen molar-refractivity contribution in [3.8, 4) is 0 Å². The summed E-state index contributed by atoms with van der Waals surface area (Å²) in [4.78, 5) is 20.2. The minimum Gasteiger partial charge on any atom is -0.333 e. The number of hydrogen-bond donors (Lipinski definition) is 3. The van der Waals surface area contributed by atoms with Crippen LogP contribution in [0.15, 0.2) is 53.7 Å². The second kappa shape index (κ2) is 8.38. The molecule has 0 radical (unpaired) electrons. The summed E-state index contributed by atoms with van der Waals surface area (Å²) in [6.45, 7) is 4.12. The SMILES string of the molecule is CC(C)C[C@H](N)C(=O)Nc1ccccc1CSc1nc2ccccc2[nH]1. The molecule has 3 aromatic rings. The van der Waals surface area contributed by atoms with E-state index in [9.17, 15) is 4.79 Å². The van der Waals surface area contributed by atoms with E-state index in [1.54, 1.807) is 11.8 Å². The van der Waals surface area contributed by atoms with Crippen LogP contribution in [0.5, 0.6) is 0 Å². The van der Waals surface area contributed by atoms with Crippen LogP contribution in [0.4, 0.5) is 5.69 Å². The first-order valence-electron chi connectivity index (χ1n) is 8.75. The van der Waals surface area contributed by atoms with Gasteiger partial charge >= 0.3 is 0 Å². The third-order valence-electron chi connectivity index (χ3n) is 4.07. The number of anilines is 1. The molecule has 2 aromatic carbocycles. The maximum absolute atomic E-state index is 12.3. The predicted molar refractivity (Wildman–Crippen MR) is 108 cm³/mol. The molecule has 5 nitrogen and oxygen atoms in total. The van der Waals surface area contributed by atoms with E-state index >= 15 is 0 Å². The van der Waals surface area contributed by atoms with Gasteiger partial charge in [0.15, 0.2) is 5.16 Å². The standard InChI is InChI=1S/C20H24N4OS/c1-13(2)11-15(21)19(25)22-16-8-4-3-7-14(16)12-26-20-23-17-9-5-6-10-18(17)24-20/h3-10,13,15H,11-12,21H2,1-2H3,(H,22,25)(H,23,24)/t15-/m0/s1. The number of para-hydroxylation sites is 3. The van der Waals surface area contributed by atoms with Crippen LogP contribution < -0.4 is 11.1 Å². The Kier molecular flexibility index (Phi) is 5.96. The Bertz CT molecular complexity index is 857. The number of carbonyl (C=O) groups is 1. The highest BCUT2D eigenvalue weighted by Crippen LogP contribution is 2.26. The van der Waals surface area contributed by atoms with Crippen molar-refractivity contribution in [2.24, 2.45) is 11.7 Å². The summed E-state index contributed by atoms with van der Waals surface area (Å²) in [7, 11) is 0. The molecular weight excluding hydrogens is 344 g/mol. The number of nitrogens with one attached hydrogen (secondary N) is 2. The number of hydrogen-bond acceptors (Lipinski definition) is 4. The zero-order valence-corrected chi connectivity index (χ0v) is 15.8.